The van der Waals surface area contributed by atoms with E-state index >= 15 is 0 Å². The number of carbonyl (C=O) groups is 1. The molecule has 1 fully saturated rings. The molecular weight excluding hydrogens is 226 g/mol. The van der Waals surface area contributed by atoms with Gasteiger partial charge in [0.15, 0.2) is 0 Å². The van der Waals surface area contributed by atoms with Crippen LogP contribution in [0.3, 0.4) is 0 Å². The van der Waals surface area contributed by atoms with Crippen molar-refractivity contribution in [2.45, 2.75) is 31.6 Å². The Balaban J connectivity index is 1.89. The van der Waals surface area contributed by atoms with Crippen molar-refractivity contribution in [1.82, 2.24) is 0 Å². The smallest absolute Gasteiger partial charge is 0.314 e. The van der Waals surface area contributed by atoms with Crippen LogP contribution in [0, 0.1) is 5.92 Å². The number of carbonyl (C=O) groups excluding carboxylic acids is 1. The molecule has 3 nitrogen and oxygen atoms in total. The van der Waals surface area contributed by atoms with Gasteiger partial charge in [-0.2, -0.15) is 0 Å². The average Bonchev–Trinajstić information content (AvgIpc) is 2.92. The minimum absolute atomic E-state index is 0.185. The molecule has 3 heteroatoms. The van der Waals surface area contributed by atoms with Crippen LogP contribution in [0.4, 0.5) is 0 Å². The third kappa shape index (κ3) is 3.33. The number of benzene rings is 1. The molecule has 98 valence electrons. The molecule has 1 saturated carbocycles. The normalized spacial score (nSPS) is 17.6. The maximum absolute atomic E-state index is 12.0. The van der Waals surface area contributed by atoms with E-state index < -0.39 is 0 Å². The van der Waals surface area contributed by atoms with Gasteiger partial charge in [-0.15, -0.1) is 0 Å². The Morgan fingerprint density at radius 1 is 1.28 bits per heavy atom. The van der Waals surface area contributed by atoms with Crippen molar-refractivity contribution >= 4 is 5.97 Å². The maximum Gasteiger partial charge on any atom is 0.314 e. The summed E-state index contributed by atoms with van der Waals surface area (Å²) < 4.78 is 5.41. The summed E-state index contributed by atoms with van der Waals surface area (Å²) in [5.41, 5.74) is 6.63. The fourth-order valence-corrected chi connectivity index (χ4v) is 2.53. The first-order chi connectivity index (χ1) is 8.81. The van der Waals surface area contributed by atoms with Crippen molar-refractivity contribution in [3.05, 3.63) is 35.9 Å². The molecule has 0 aliphatic heterocycles. The van der Waals surface area contributed by atoms with Gasteiger partial charge in [0.25, 0.3) is 0 Å². The summed E-state index contributed by atoms with van der Waals surface area (Å²) in [6.45, 7) is 0.857. The lowest BCUT2D eigenvalue weighted by Gasteiger charge is -2.16. The van der Waals surface area contributed by atoms with E-state index in [0.29, 0.717) is 19.1 Å². The van der Waals surface area contributed by atoms with Gasteiger partial charge in [0.05, 0.1) is 12.5 Å². The van der Waals surface area contributed by atoms with Crippen molar-refractivity contribution in [2.75, 3.05) is 13.2 Å². The van der Waals surface area contributed by atoms with Gasteiger partial charge in [-0.1, -0.05) is 43.2 Å². The molecule has 1 aromatic carbocycles. The zero-order valence-electron chi connectivity index (χ0n) is 10.7. The molecule has 0 heterocycles. The Bertz CT molecular complexity index is 371. The molecule has 1 aliphatic carbocycles. The molecule has 0 bridgehead atoms. The quantitative estimate of drug-likeness (QED) is 0.813. The number of ether oxygens (including phenoxy) is 1. The van der Waals surface area contributed by atoms with Crippen LogP contribution in [-0.2, 0) is 9.53 Å². The van der Waals surface area contributed by atoms with Gasteiger partial charge in [0.2, 0.25) is 0 Å². The fraction of sp³-hybridized carbons (Fsp3) is 0.533. The molecule has 0 spiro atoms. The van der Waals surface area contributed by atoms with Crippen molar-refractivity contribution in [1.29, 1.82) is 0 Å². The summed E-state index contributed by atoms with van der Waals surface area (Å²) in [6.07, 6.45) is 4.90. The molecular formula is C15H21NO2. The van der Waals surface area contributed by atoms with Crippen molar-refractivity contribution in [2.24, 2.45) is 11.7 Å². The van der Waals surface area contributed by atoms with Crippen LogP contribution in [0.1, 0.15) is 37.2 Å². The molecule has 0 aromatic heterocycles. The van der Waals surface area contributed by atoms with Crippen molar-refractivity contribution in [3.63, 3.8) is 0 Å². The zero-order valence-corrected chi connectivity index (χ0v) is 10.7. The molecule has 1 aromatic rings. The molecule has 1 unspecified atom stereocenters. The van der Waals surface area contributed by atoms with Gasteiger partial charge in [-0.05, 0) is 24.3 Å². The van der Waals surface area contributed by atoms with E-state index in [2.05, 4.69) is 0 Å². The van der Waals surface area contributed by atoms with E-state index in [1.54, 1.807) is 0 Å². The summed E-state index contributed by atoms with van der Waals surface area (Å²) in [4.78, 5) is 12.0. The Morgan fingerprint density at radius 2 is 1.94 bits per heavy atom. The molecule has 0 radical (unpaired) electrons. The van der Waals surface area contributed by atoms with Gasteiger partial charge < -0.3 is 10.5 Å². The number of hydrogen-bond donors (Lipinski definition) is 1. The van der Waals surface area contributed by atoms with E-state index in [1.807, 2.05) is 30.3 Å². The topological polar surface area (TPSA) is 52.3 Å². The summed E-state index contributed by atoms with van der Waals surface area (Å²) >= 11 is 0. The Morgan fingerprint density at radius 3 is 2.56 bits per heavy atom. The molecule has 2 N–H and O–H groups in total. The minimum Gasteiger partial charge on any atom is -0.465 e. The third-order valence-electron chi connectivity index (χ3n) is 3.66. The lowest BCUT2D eigenvalue weighted by atomic mass is 9.99. The van der Waals surface area contributed by atoms with E-state index in [9.17, 15) is 4.79 Å². The summed E-state index contributed by atoms with van der Waals surface area (Å²) in [7, 11) is 0. The second-order valence-electron chi connectivity index (χ2n) is 4.98. The zero-order chi connectivity index (χ0) is 12.8. The maximum atomic E-state index is 12.0. The SMILES string of the molecule is NCC(C(=O)OCC1CCCC1)c1ccccc1. The first-order valence-corrected chi connectivity index (χ1v) is 6.73. The molecule has 0 amide bonds. The highest BCUT2D eigenvalue weighted by Gasteiger charge is 2.23. The van der Waals surface area contributed by atoms with E-state index in [1.165, 1.54) is 25.7 Å². The number of nitrogens with two attached hydrogens (primary N) is 1. The lowest BCUT2D eigenvalue weighted by Crippen LogP contribution is -2.25. The van der Waals surface area contributed by atoms with Gasteiger partial charge in [0.1, 0.15) is 0 Å². The average molecular weight is 247 g/mol. The largest absolute Gasteiger partial charge is 0.465 e. The lowest BCUT2D eigenvalue weighted by molar-refractivity contribution is -0.146. The molecule has 2 rings (SSSR count). The van der Waals surface area contributed by atoms with E-state index in [0.717, 1.165) is 5.56 Å². The van der Waals surface area contributed by atoms with Crippen LogP contribution in [0.15, 0.2) is 30.3 Å². The van der Waals surface area contributed by atoms with Crippen LogP contribution in [0.2, 0.25) is 0 Å². The summed E-state index contributed by atoms with van der Waals surface area (Å²) in [5, 5.41) is 0. The number of esters is 1. The fourth-order valence-electron chi connectivity index (χ4n) is 2.53. The van der Waals surface area contributed by atoms with E-state index in [-0.39, 0.29) is 11.9 Å². The molecule has 18 heavy (non-hydrogen) atoms. The highest BCUT2D eigenvalue weighted by molar-refractivity contribution is 5.78. The summed E-state index contributed by atoms with van der Waals surface area (Å²) in [5.74, 6) is 0.0475. The first kappa shape index (κ1) is 13.1. The van der Waals surface area contributed by atoms with Crippen LogP contribution in [0.25, 0.3) is 0 Å². The Labute approximate surface area is 108 Å². The van der Waals surface area contributed by atoms with Gasteiger partial charge in [0, 0.05) is 6.54 Å². The second kappa shape index (κ2) is 6.55. The predicted octanol–water partition coefficient (Wildman–Crippen LogP) is 2.46. The van der Waals surface area contributed by atoms with Crippen molar-refractivity contribution in [3.8, 4) is 0 Å². The minimum atomic E-state index is -0.326. The van der Waals surface area contributed by atoms with Crippen LogP contribution in [-0.4, -0.2) is 19.1 Å². The summed E-state index contributed by atoms with van der Waals surface area (Å²) in [6, 6.07) is 9.62. The molecule has 1 aliphatic rings. The first-order valence-electron chi connectivity index (χ1n) is 6.73. The molecule has 0 saturated heterocycles. The molecule has 1 atom stereocenters. The Hall–Kier alpha value is -1.35. The van der Waals surface area contributed by atoms with E-state index in [4.69, 9.17) is 10.5 Å². The van der Waals surface area contributed by atoms with Crippen LogP contribution in [0.5, 0.6) is 0 Å². The monoisotopic (exact) mass is 247 g/mol. The van der Waals surface area contributed by atoms with Gasteiger partial charge in [-0.3, -0.25) is 4.79 Å². The highest BCUT2D eigenvalue weighted by Crippen LogP contribution is 2.25. The van der Waals surface area contributed by atoms with Gasteiger partial charge >= 0.3 is 5.97 Å². The Kier molecular flexibility index (Phi) is 4.76. The predicted molar refractivity (Wildman–Crippen MR) is 71.2 cm³/mol. The number of rotatable bonds is 5. The standard InChI is InChI=1S/C15H21NO2/c16-10-14(13-8-2-1-3-9-13)15(17)18-11-12-6-4-5-7-12/h1-3,8-9,12,14H,4-7,10-11,16H2. The van der Waals surface area contributed by atoms with Gasteiger partial charge in [-0.25, -0.2) is 0 Å². The number of hydrogen-bond acceptors (Lipinski definition) is 3. The van der Waals surface area contributed by atoms with Crippen LogP contribution < -0.4 is 5.73 Å². The highest BCUT2D eigenvalue weighted by atomic mass is 16.5. The second-order valence-corrected chi connectivity index (χ2v) is 4.98. The van der Waals surface area contributed by atoms with Crippen molar-refractivity contribution < 1.29 is 9.53 Å². The van der Waals surface area contributed by atoms with Crippen LogP contribution >= 0.6 is 0 Å². The third-order valence-corrected chi connectivity index (χ3v) is 3.66.